The number of esters is 1. The van der Waals surface area contributed by atoms with Crippen LogP contribution in [0.5, 0.6) is 0 Å². The lowest BCUT2D eigenvalue weighted by Gasteiger charge is -2.22. The average molecular weight is 1020 g/mol. The maximum atomic E-state index is 12.5. The highest BCUT2D eigenvalue weighted by molar-refractivity contribution is 5.76. The molecule has 428 valence electrons. The number of unbranched alkanes of at least 4 members (excludes halogenated alkanes) is 49. The van der Waals surface area contributed by atoms with Crippen molar-refractivity contribution < 1.29 is 24.5 Å². The van der Waals surface area contributed by atoms with Crippen LogP contribution in [0.25, 0.3) is 0 Å². The van der Waals surface area contributed by atoms with Crippen LogP contribution in [0.2, 0.25) is 0 Å². The lowest BCUT2D eigenvalue weighted by atomic mass is 10.0. The number of nitrogens with one attached hydrogen (secondary N) is 1. The first kappa shape index (κ1) is 70.6. The Morgan fingerprint density at radius 3 is 0.986 bits per heavy atom. The average Bonchev–Trinajstić information content (AvgIpc) is 3.38. The van der Waals surface area contributed by atoms with Crippen LogP contribution in [0, 0.1) is 0 Å². The molecule has 0 bridgehead atoms. The van der Waals surface area contributed by atoms with E-state index in [4.69, 9.17) is 4.74 Å². The topological polar surface area (TPSA) is 95.9 Å². The predicted octanol–water partition coefficient (Wildman–Crippen LogP) is 20.8. The van der Waals surface area contributed by atoms with E-state index in [-0.39, 0.29) is 18.5 Å². The Morgan fingerprint density at radius 1 is 0.375 bits per heavy atom. The van der Waals surface area contributed by atoms with Crippen molar-refractivity contribution in [1.82, 2.24) is 5.32 Å². The van der Waals surface area contributed by atoms with E-state index in [1.54, 1.807) is 0 Å². The second-order valence-electron chi connectivity index (χ2n) is 22.8. The maximum absolute atomic E-state index is 12.5. The van der Waals surface area contributed by atoms with Crippen molar-refractivity contribution in [1.29, 1.82) is 0 Å². The zero-order chi connectivity index (χ0) is 52.2. The highest BCUT2D eigenvalue weighted by Gasteiger charge is 2.20. The zero-order valence-electron chi connectivity index (χ0n) is 48.9. The maximum Gasteiger partial charge on any atom is 0.305 e. The standard InChI is InChI=1S/C66H129NO5/c1-3-5-7-9-11-13-15-17-19-21-22-23-24-25-27-30-34-38-42-46-50-54-58-64(69)63(62-68)67-65(70)59-55-51-47-43-39-35-31-28-26-29-33-37-41-45-49-53-57-61-72-66(71)60-56-52-48-44-40-36-32-20-18-16-14-12-10-8-6-4-2/h26,29,63-64,68-69H,3-25,27-28,30-62H2,1-2H3,(H,67,70)/b29-26-. The largest absolute Gasteiger partial charge is 0.466 e. The molecule has 0 saturated heterocycles. The summed E-state index contributed by atoms with van der Waals surface area (Å²) >= 11 is 0. The third-order valence-electron chi connectivity index (χ3n) is 15.6. The van der Waals surface area contributed by atoms with E-state index >= 15 is 0 Å². The molecule has 3 N–H and O–H groups in total. The highest BCUT2D eigenvalue weighted by atomic mass is 16.5. The highest BCUT2D eigenvalue weighted by Crippen LogP contribution is 2.18. The molecule has 6 heteroatoms. The fourth-order valence-electron chi connectivity index (χ4n) is 10.5. The SMILES string of the molecule is CCCCCCCCCCCCCCCCCCCCCCCCC(O)C(CO)NC(=O)CCCCCCCCC/C=C\CCCCCCCCOC(=O)CCCCCCCCCCCCCCCCCC. The molecule has 0 aromatic carbocycles. The van der Waals surface area contributed by atoms with E-state index in [2.05, 4.69) is 31.3 Å². The summed E-state index contributed by atoms with van der Waals surface area (Å²) in [6.45, 7) is 4.97. The number of allylic oxidation sites excluding steroid dienone is 2. The first-order valence-corrected chi connectivity index (χ1v) is 32.9. The van der Waals surface area contributed by atoms with Gasteiger partial charge in [-0.3, -0.25) is 9.59 Å². The van der Waals surface area contributed by atoms with Crippen LogP contribution < -0.4 is 5.32 Å². The Labute approximate surface area is 450 Å². The van der Waals surface area contributed by atoms with Gasteiger partial charge in [-0.05, 0) is 51.4 Å². The zero-order valence-corrected chi connectivity index (χ0v) is 48.9. The van der Waals surface area contributed by atoms with Gasteiger partial charge >= 0.3 is 5.97 Å². The van der Waals surface area contributed by atoms with E-state index in [1.165, 1.54) is 289 Å². The van der Waals surface area contributed by atoms with Gasteiger partial charge in [-0.15, -0.1) is 0 Å². The first-order chi connectivity index (χ1) is 35.5. The van der Waals surface area contributed by atoms with Gasteiger partial charge in [-0.1, -0.05) is 321 Å². The van der Waals surface area contributed by atoms with E-state index < -0.39 is 12.1 Å². The minimum atomic E-state index is -0.673. The summed E-state index contributed by atoms with van der Waals surface area (Å²) in [6, 6.07) is -0.551. The Hall–Kier alpha value is -1.40. The van der Waals surface area contributed by atoms with Crippen molar-refractivity contribution in [3.63, 3.8) is 0 Å². The van der Waals surface area contributed by atoms with Crippen LogP contribution in [-0.4, -0.2) is 47.4 Å². The third kappa shape index (κ3) is 57.9. The van der Waals surface area contributed by atoms with Crippen molar-refractivity contribution in [3.05, 3.63) is 12.2 Å². The van der Waals surface area contributed by atoms with Gasteiger partial charge in [0.1, 0.15) is 0 Å². The molecule has 0 rings (SSSR count). The Kier molecular flexibility index (Phi) is 60.9. The summed E-state index contributed by atoms with van der Waals surface area (Å²) in [5.74, 6) is -0.0396. The molecule has 0 saturated carbocycles. The van der Waals surface area contributed by atoms with Gasteiger partial charge in [0.05, 0.1) is 25.4 Å². The van der Waals surface area contributed by atoms with E-state index in [0.717, 1.165) is 51.4 Å². The number of hydrogen-bond acceptors (Lipinski definition) is 5. The Bertz CT molecular complexity index is 1080. The second-order valence-corrected chi connectivity index (χ2v) is 22.8. The fraction of sp³-hybridized carbons (Fsp3) is 0.939. The van der Waals surface area contributed by atoms with Gasteiger partial charge in [0.15, 0.2) is 0 Å². The molecule has 0 aliphatic carbocycles. The van der Waals surface area contributed by atoms with Gasteiger partial charge < -0.3 is 20.3 Å². The monoisotopic (exact) mass is 1020 g/mol. The number of aliphatic hydroxyl groups excluding tert-OH is 2. The molecule has 0 radical (unpaired) electrons. The summed E-state index contributed by atoms with van der Waals surface area (Å²) in [5, 5.41) is 23.4. The van der Waals surface area contributed by atoms with Crippen molar-refractivity contribution in [3.8, 4) is 0 Å². The van der Waals surface area contributed by atoms with Crippen molar-refractivity contribution in [2.24, 2.45) is 0 Å². The normalized spacial score (nSPS) is 12.6. The molecule has 0 spiro atoms. The summed E-state index contributed by atoms with van der Waals surface area (Å²) in [4.78, 5) is 24.6. The second kappa shape index (κ2) is 62.1. The molecule has 0 aromatic heterocycles. The van der Waals surface area contributed by atoms with E-state index in [9.17, 15) is 19.8 Å². The van der Waals surface area contributed by atoms with Gasteiger partial charge in [-0.2, -0.15) is 0 Å². The van der Waals surface area contributed by atoms with Crippen molar-refractivity contribution in [2.75, 3.05) is 13.2 Å². The molecular formula is C66H129NO5. The van der Waals surface area contributed by atoms with Gasteiger partial charge in [-0.25, -0.2) is 0 Å². The summed E-state index contributed by atoms with van der Waals surface area (Å²) in [5.41, 5.74) is 0. The number of carbonyl (C=O) groups is 2. The van der Waals surface area contributed by atoms with Crippen LogP contribution in [0.15, 0.2) is 12.2 Å². The number of carbonyl (C=O) groups excluding carboxylic acids is 2. The molecule has 1 amide bonds. The Morgan fingerprint density at radius 2 is 0.653 bits per heavy atom. The fourth-order valence-corrected chi connectivity index (χ4v) is 10.5. The molecule has 0 aliphatic heterocycles. The minimum Gasteiger partial charge on any atom is -0.466 e. The lowest BCUT2D eigenvalue weighted by molar-refractivity contribution is -0.143. The molecular weight excluding hydrogens is 887 g/mol. The number of amides is 1. The van der Waals surface area contributed by atoms with Crippen LogP contribution in [0.3, 0.4) is 0 Å². The molecule has 0 aliphatic rings. The number of ether oxygens (including phenoxy) is 1. The summed E-state index contributed by atoms with van der Waals surface area (Å²) < 4.78 is 5.49. The third-order valence-corrected chi connectivity index (χ3v) is 15.6. The molecule has 0 fully saturated rings. The number of aliphatic hydroxyl groups is 2. The quantitative estimate of drug-likeness (QED) is 0.0320. The van der Waals surface area contributed by atoms with Gasteiger partial charge in [0.2, 0.25) is 5.91 Å². The van der Waals surface area contributed by atoms with Crippen LogP contribution in [-0.2, 0) is 14.3 Å². The lowest BCUT2D eigenvalue weighted by Crippen LogP contribution is -2.45. The van der Waals surface area contributed by atoms with Gasteiger partial charge in [0, 0.05) is 12.8 Å². The molecule has 72 heavy (non-hydrogen) atoms. The molecule has 2 unspecified atom stereocenters. The van der Waals surface area contributed by atoms with Gasteiger partial charge in [0.25, 0.3) is 0 Å². The number of hydrogen-bond donors (Lipinski definition) is 3. The first-order valence-electron chi connectivity index (χ1n) is 32.9. The molecule has 0 heterocycles. The smallest absolute Gasteiger partial charge is 0.305 e. The van der Waals surface area contributed by atoms with Crippen molar-refractivity contribution in [2.45, 2.75) is 386 Å². The summed E-state index contributed by atoms with van der Waals surface area (Å²) in [7, 11) is 0. The van der Waals surface area contributed by atoms with Crippen LogP contribution in [0.4, 0.5) is 0 Å². The number of rotatable bonds is 62. The Balaban J connectivity index is 3.43. The van der Waals surface area contributed by atoms with Crippen LogP contribution in [0.1, 0.15) is 373 Å². The van der Waals surface area contributed by atoms with E-state index in [1.807, 2.05) is 0 Å². The van der Waals surface area contributed by atoms with E-state index in [0.29, 0.717) is 25.9 Å². The molecule has 2 atom stereocenters. The predicted molar refractivity (Wildman–Crippen MR) is 315 cm³/mol. The summed E-state index contributed by atoms with van der Waals surface area (Å²) in [6.07, 6.45) is 75.1. The molecule has 0 aromatic rings. The van der Waals surface area contributed by atoms with Crippen LogP contribution >= 0.6 is 0 Å². The molecule has 6 nitrogen and oxygen atoms in total. The van der Waals surface area contributed by atoms with Crippen molar-refractivity contribution >= 4 is 11.9 Å². The minimum absolute atomic E-state index is 0.00289.